The van der Waals surface area contributed by atoms with Gasteiger partial charge in [-0.1, -0.05) is 139 Å². The third-order valence-electron chi connectivity index (χ3n) is 9.59. The van der Waals surface area contributed by atoms with E-state index in [1.54, 1.807) is 0 Å². The monoisotopic (exact) mass is 674 g/mol. The van der Waals surface area contributed by atoms with E-state index in [1.165, 1.54) is 0 Å². The fourth-order valence-electron chi connectivity index (χ4n) is 7.42. The van der Waals surface area contributed by atoms with Crippen molar-refractivity contribution in [2.75, 3.05) is 0 Å². The molecule has 0 amide bonds. The summed E-state index contributed by atoms with van der Waals surface area (Å²) < 4.78 is 94.5. The van der Waals surface area contributed by atoms with Crippen LogP contribution in [-0.2, 0) is 0 Å². The second kappa shape index (κ2) is 11.2. The molecule has 0 fully saturated rings. The molecule has 0 N–H and O–H groups in total. The van der Waals surface area contributed by atoms with E-state index in [9.17, 15) is 0 Å². The molecule has 0 aliphatic heterocycles. The molecule has 5 heteroatoms. The van der Waals surface area contributed by atoms with E-state index in [2.05, 4.69) is 58.1 Å². The second-order valence-corrected chi connectivity index (χ2v) is 12.5. The van der Waals surface area contributed by atoms with E-state index < -0.39 is 60.4 Å². The largest absolute Gasteiger partial charge is 0.456 e. The lowest BCUT2D eigenvalue weighted by molar-refractivity contribution is 0.668. The lowest BCUT2D eigenvalue weighted by Gasteiger charge is -2.13. The van der Waals surface area contributed by atoms with Crippen molar-refractivity contribution in [3.63, 3.8) is 0 Å². The molecule has 52 heavy (non-hydrogen) atoms. The molecule has 0 saturated carbocycles. The number of furan rings is 1. The van der Waals surface area contributed by atoms with Crippen molar-refractivity contribution in [2.45, 2.75) is 0 Å². The zero-order valence-electron chi connectivity index (χ0n) is 37.1. The Labute approximate surface area is 312 Å². The molecule has 0 aliphatic rings. The zero-order chi connectivity index (χ0) is 42.9. The van der Waals surface area contributed by atoms with Gasteiger partial charge in [-0.05, 0) is 45.8 Å². The van der Waals surface area contributed by atoms with Gasteiger partial charge in [-0.15, -0.1) is 0 Å². The van der Waals surface area contributed by atoms with Crippen molar-refractivity contribution in [3.8, 4) is 39.9 Å². The Kier molecular flexibility index (Phi) is 4.42. The van der Waals surface area contributed by atoms with Gasteiger partial charge in [-0.2, -0.15) is 0 Å². The second-order valence-electron chi connectivity index (χ2n) is 12.5. The van der Waals surface area contributed by atoms with Crippen LogP contribution in [-0.4, -0.2) is 19.5 Å². The molecule has 0 bridgehead atoms. The maximum absolute atomic E-state index is 8.86. The van der Waals surface area contributed by atoms with Gasteiger partial charge in [0.05, 0.1) is 30.4 Å². The Morgan fingerprint density at radius 3 is 1.58 bits per heavy atom. The molecule has 11 rings (SSSR count). The lowest BCUT2D eigenvalue weighted by atomic mass is 10.00. The van der Waals surface area contributed by atoms with Crippen LogP contribution in [0.25, 0.3) is 105 Å². The number of aromatic nitrogens is 4. The fraction of sp³-hybridized carbons (Fsp3) is 0. The average molecular weight is 675 g/mol. The Balaban J connectivity index is 1.30. The normalized spacial score (nSPS) is 14.5. The predicted molar refractivity (Wildman–Crippen MR) is 213 cm³/mol. The molecule has 3 aromatic heterocycles. The van der Waals surface area contributed by atoms with Crippen molar-refractivity contribution in [3.05, 3.63) is 170 Å². The van der Waals surface area contributed by atoms with Crippen molar-refractivity contribution in [2.24, 2.45) is 0 Å². The summed E-state index contributed by atoms with van der Waals surface area (Å²) in [5.74, 6) is -0.761. The van der Waals surface area contributed by atoms with Gasteiger partial charge in [0.1, 0.15) is 11.2 Å². The highest BCUT2D eigenvalue weighted by Gasteiger charge is 2.22. The number of benzene rings is 8. The summed E-state index contributed by atoms with van der Waals surface area (Å²) >= 11 is 0. The standard InChI is InChI=1S/C47H28N4O/c1-3-15-31(16-4-1)45-48-46(32-17-5-2-6-18-32)50-47(49-45)37-27-33(28-41-42(37)36-21-11-12-22-40(36)52-41)51-38-25-23-29-13-7-9-19-34(29)43(38)44-35-20-10-8-14-30(35)24-26-39(44)51/h1-28H/i1D,2D,3D,4D,5D,6D,15D,16D,17D,18D. The summed E-state index contributed by atoms with van der Waals surface area (Å²) in [6, 6.07) is 30.0. The summed E-state index contributed by atoms with van der Waals surface area (Å²) in [7, 11) is 0. The SMILES string of the molecule is [2H]c1c([2H])c([2H])c(-c2nc(-c3c([2H])c([2H])c([2H])c([2H])c3[2H])nc(-c3cc(-n4c5ccc6ccccc6c5c5c6ccccc6ccc54)cc4oc5ccccc5c34)n2)c([2H])c1[2H]. The van der Waals surface area contributed by atoms with Crippen LogP contribution in [0.5, 0.6) is 0 Å². The first-order chi connectivity index (χ1) is 29.9. The van der Waals surface area contributed by atoms with Gasteiger partial charge in [0.2, 0.25) is 0 Å². The Hall–Kier alpha value is -7.11. The Bertz CT molecular complexity index is 3550. The van der Waals surface area contributed by atoms with Crippen LogP contribution in [0.4, 0.5) is 0 Å². The van der Waals surface area contributed by atoms with Crippen LogP contribution in [0.3, 0.4) is 0 Å². The average Bonchev–Trinajstić information content (AvgIpc) is 3.85. The van der Waals surface area contributed by atoms with Crippen LogP contribution in [0.2, 0.25) is 0 Å². The van der Waals surface area contributed by atoms with Crippen molar-refractivity contribution in [1.29, 1.82) is 0 Å². The number of para-hydroxylation sites is 1. The van der Waals surface area contributed by atoms with Gasteiger partial charge in [-0.25, -0.2) is 15.0 Å². The fourth-order valence-corrected chi connectivity index (χ4v) is 7.42. The third kappa shape index (κ3) is 4.33. The van der Waals surface area contributed by atoms with Crippen molar-refractivity contribution >= 4 is 65.3 Å². The molecule has 0 aliphatic carbocycles. The van der Waals surface area contributed by atoms with E-state index in [0.717, 1.165) is 43.4 Å². The molecular formula is C47H28N4O. The summed E-state index contributed by atoms with van der Waals surface area (Å²) in [6.07, 6.45) is 0. The van der Waals surface area contributed by atoms with Crippen LogP contribution in [0, 0.1) is 0 Å². The van der Waals surface area contributed by atoms with E-state index in [1.807, 2.05) is 60.7 Å². The first-order valence-electron chi connectivity index (χ1n) is 21.6. The summed E-state index contributed by atoms with van der Waals surface area (Å²) in [5.41, 5.74) is 3.20. The van der Waals surface area contributed by atoms with Gasteiger partial charge in [0.15, 0.2) is 17.5 Å². The van der Waals surface area contributed by atoms with Gasteiger partial charge in [0, 0.05) is 44.3 Å². The molecular weight excluding hydrogens is 637 g/mol. The first-order valence-corrected chi connectivity index (χ1v) is 16.6. The number of hydrogen-bond acceptors (Lipinski definition) is 4. The molecule has 0 saturated heterocycles. The topological polar surface area (TPSA) is 56.7 Å². The van der Waals surface area contributed by atoms with Crippen molar-refractivity contribution in [1.82, 2.24) is 19.5 Å². The van der Waals surface area contributed by atoms with Crippen molar-refractivity contribution < 1.29 is 18.1 Å². The van der Waals surface area contributed by atoms with Gasteiger partial charge in [-0.3, -0.25) is 0 Å². The maximum atomic E-state index is 8.86. The Morgan fingerprint density at radius 1 is 0.462 bits per heavy atom. The molecule has 0 atom stereocenters. The minimum atomic E-state index is -0.621. The number of rotatable bonds is 4. The highest BCUT2D eigenvalue weighted by molar-refractivity contribution is 6.28. The summed E-state index contributed by atoms with van der Waals surface area (Å²) in [4.78, 5) is 14.2. The van der Waals surface area contributed by atoms with Crippen LogP contribution >= 0.6 is 0 Å². The molecule has 8 aromatic carbocycles. The third-order valence-corrected chi connectivity index (χ3v) is 9.59. The van der Waals surface area contributed by atoms with E-state index >= 15 is 0 Å². The number of hydrogen-bond donors (Lipinski definition) is 0. The smallest absolute Gasteiger partial charge is 0.164 e. The van der Waals surface area contributed by atoms with Crippen LogP contribution in [0.1, 0.15) is 13.7 Å². The molecule has 0 unspecified atom stereocenters. The number of nitrogens with zero attached hydrogens (tertiary/aromatic N) is 4. The quantitative estimate of drug-likeness (QED) is 0.186. The van der Waals surface area contributed by atoms with E-state index in [0.29, 0.717) is 33.2 Å². The number of fused-ring (bicyclic) bond motifs is 10. The summed E-state index contributed by atoms with van der Waals surface area (Å²) in [6.45, 7) is 0. The Morgan fingerprint density at radius 2 is 0.981 bits per heavy atom. The first kappa shape index (κ1) is 20.5. The highest BCUT2D eigenvalue weighted by atomic mass is 16.3. The van der Waals surface area contributed by atoms with E-state index in [4.69, 9.17) is 28.1 Å². The molecule has 0 radical (unpaired) electrons. The maximum Gasteiger partial charge on any atom is 0.164 e. The minimum absolute atomic E-state index is 0.0568. The van der Waals surface area contributed by atoms with Crippen LogP contribution in [0.15, 0.2) is 174 Å². The molecule has 11 aromatic rings. The lowest BCUT2D eigenvalue weighted by Crippen LogP contribution is -2.01. The molecule has 3 heterocycles. The van der Waals surface area contributed by atoms with E-state index in [-0.39, 0.29) is 28.6 Å². The minimum Gasteiger partial charge on any atom is -0.456 e. The molecule has 5 nitrogen and oxygen atoms in total. The zero-order valence-corrected chi connectivity index (χ0v) is 27.1. The predicted octanol–water partition coefficient (Wildman–Crippen LogP) is 12.2. The van der Waals surface area contributed by atoms with Gasteiger partial charge >= 0.3 is 0 Å². The van der Waals surface area contributed by atoms with Gasteiger partial charge < -0.3 is 8.98 Å². The van der Waals surface area contributed by atoms with Gasteiger partial charge in [0.25, 0.3) is 0 Å². The molecule has 242 valence electrons. The van der Waals surface area contributed by atoms with Crippen LogP contribution < -0.4 is 0 Å². The summed E-state index contributed by atoms with van der Waals surface area (Å²) in [5, 5.41) is 7.68. The molecule has 0 spiro atoms. The highest BCUT2D eigenvalue weighted by Crippen LogP contribution is 2.43.